The second kappa shape index (κ2) is 10.3. The molecule has 3 aromatic rings. The molecule has 0 aromatic heterocycles. The molecule has 0 aliphatic rings. The average Bonchev–Trinajstić information content (AvgIpc) is 2.78. The van der Waals surface area contributed by atoms with E-state index in [0.29, 0.717) is 27.6 Å². The van der Waals surface area contributed by atoms with Crippen molar-refractivity contribution in [3.63, 3.8) is 0 Å². The van der Waals surface area contributed by atoms with Crippen molar-refractivity contribution in [2.24, 2.45) is 0 Å². The number of esters is 1. The first kappa shape index (κ1) is 21.1. The summed E-state index contributed by atoms with van der Waals surface area (Å²) in [7, 11) is 1.58. The van der Waals surface area contributed by atoms with Crippen LogP contribution in [0.3, 0.4) is 0 Å². The molecule has 30 heavy (non-hydrogen) atoms. The molecular weight excluding hydrogens is 402 g/mol. The third-order valence-corrected chi connectivity index (χ3v) is 4.52. The number of carbonyl (C=O) groups excluding carboxylic acids is 2. The number of para-hydroxylation sites is 1. The topological polar surface area (TPSA) is 64.6 Å². The van der Waals surface area contributed by atoms with Gasteiger partial charge in [0.25, 0.3) is 5.91 Å². The van der Waals surface area contributed by atoms with Crippen LogP contribution in [0.5, 0.6) is 5.75 Å². The molecule has 0 fully saturated rings. The Labute approximate surface area is 179 Å². The summed E-state index contributed by atoms with van der Waals surface area (Å²) >= 11 is 6.03. The van der Waals surface area contributed by atoms with Gasteiger partial charge in [0, 0.05) is 0 Å². The van der Waals surface area contributed by atoms with Crippen molar-refractivity contribution in [3.8, 4) is 5.75 Å². The molecular formula is C24H20ClNO4. The Morgan fingerprint density at radius 2 is 1.70 bits per heavy atom. The van der Waals surface area contributed by atoms with Gasteiger partial charge in [-0.3, -0.25) is 4.79 Å². The molecule has 5 nitrogen and oxygen atoms in total. The monoisotopic (exact) mass is 421 g/mol. The average molecular weight is 422 g/mol. The van der Waals surface area contributed by atoms with Crippen LogP contribution in [-0.4, -0.2) is 25.6 Å². The molecule has 0 aliphatic carbocycles. The Balaban J connectivity index is 1.76. The molecule has 1 N–H and O–H groups in total. The fourth-order valence-electron chi connectivity index (χ4n) is 2.73. The number of hydrogen-bond donors (Lipinski definition) is 1. The van der Waals surface area contributed by atoms with Crippen molar-refractivity contribution in [1.82, 2.24) is 0 Å². The molecule has 3 aromatic carbocycles. The minimum absolute atomic E-state index is 0.328. The standard InChI is InChI=1S/C24H20ClNO4/c1-29-19-11-7-8-17(14-19)15-20(18-9-3-2-4-10-18)24(28)30-16-23(27)26-22-13-6-5-12-21(22)25/h2-15H,16H2,1H3,(H,26,27). The summed E-state index contributed by atoms with van der Waals surface area (Å²) in [6, 6.07) is 23.2. The van der Waals surface area contributed by atoms with Crippen LogP contribution in [0.1, 0.15) is 11.1 Å². The van der Waals surface area contributed by atoms with Gasteiger partial charge >= 0.3 is 5.97 Å². The Morgan fingerprint density at radius 1 is 0.967 bits per heavy atom. The van der Waals surface area contributed by atoms with E-state index in [-0.39, 0.29) is 0 Å². The van der Waals surface area contributed by atoms with Gasteiger partial charge in [0.1, 0.15) is 5.75 Å². The number of benzene rings is 3. The van der Waals surface area contributed by atoms with Crippen LogP contribution in [0, 0.1) is 0 Å². The molecule has 0 atom stereocenters. The van der Waals surface area contributed by atoms with E-state index in [1.165, 1.54) is 0 Å². The van der Waals surface area contributed by atoms with Crippen molar-refractivity contribution >= 4 is 40.8 Å². The quantitative estimate of drug-likeness (QED) is 0.328. The van der Waals surface area contributed by atoms with Crippen molar-refractivity contribution in [2.45, 2.75) is 0 Å². The SMILES string of the molecule is COc1cccc(C=C(C(=O)OCC(=O)Nc2ccccc2Cl)c2ccccc2)c1. The Morgan fingerprint density at radius 3 is 2.43 bits per heavy atom. The molecule has 0 saturated carbocycles. The Bertz CT molecular complexity index is 1060. The maximum atomic E-state index is 12.8. The maximum Gasteiger partial charge on any atom is 0.339 e. The molecule has 0 heterocycles. The molecule has 0 spiro atoms. The third kappa shape index (κ3) is 5.72. The van der Waals surface area contributed by atoms with Crippen LogP contribution >= 0.6 is 11.6 Å². The van der Waals surface area contributed by atoms with Crippen LogP contribution in [0.4, 0.5) is 5.69 Å². The third-order valence-electron chi connectivity index (χ3n) is 4.19. The van der Waals surface area contributed by atoms with Gasteiger partial charge in [0.15, 0.2) is 6.61 Å². The lowest BCUT2D eigenvalue weighted by molar-refractivity contribution is -0.141. The zero-order valence-corrected chi connectivity index (χ0v) is 17.1. The molecule has 0 aliphatic heterocycles. The molecule has 152 valence electrons. The van der Waals surface area contributed by atoms with Gasteiger partial charge < -0.3 is 14.8 Å². The van der Waals surface area contributed by atoms with E-state index in [0.717, 1.165) is 5.56 Å². The normalized spacial score (nSPS) is 10.9. The van der Waals surface area contributed by atoms with Gasteiger partial charge in [-0.15, -0.1) is 0 Å². The molecule has 0 radical (unpaired) electrons. The summed E-state index contributed by atoms with van der Waals surface area (Å²) in [5, 5.41) is 3.03. The number of anilines is 1. The predicted octanol–water partition coefficient (Wildman–Crippen LogP) is 5.07. The van der Waals surface area contributed by atoms with Crippen LogP contribution in [0.15, 0.2) is 78.9 Å². The van der Waals surface area contributed by atoms with Crippen molar-refractivity contribution < 1.29 is 19.1 Å². The smallest absolute Gasteiger partial charge is 0.339 e. The first-order valence-corrected chi connectivity index (χ1v) is 9.57. The van der Waals surface area contributed by atoms with Gasteiger partial charge in [-0.05, 0) is 41.5 Å². The van der Waals surface area contributed by atoms with Gasteiger partial charge in [-0.2, -0.15) is 0 Å². The number of methoxy groups -OCH3 is 1. The number of halogens is 1. The van der Waals surface area contributed by atoms with E-state index >= 15 is 0 Å². The first-order chi connectivity index (χ1) is 14.6. The lowest BCUT2D eigenvalue weighted by atomic mass is 10.0. The van der Waals surface area contributed by atoms with Crippen molar-refractivity contribution in [3.05, 3.63) is 95.0 Å². The summed E-state index contributed by atoms with van der Waals surface area (Å²) in [6.45, 7) is -0.438. The number of hydrogen-bond acceptors (Lipinski definition) is 4. The van der Waals surface area contributed by atoms with E-state index in [9.17, 15) is 9.59 Å². The van der Waals surface area contributed by atoms with Gasteiger partial charge in [-0.25, -0.2) is 4.79 Å². The summed E-state index contributed by atoms with van der Waals surface area (Å²) in [6.07, 6.45) is 1.70. The minimum atomic E-state index is -0.613. The highest BCUT2D eigenvalue weighted by Gasteiger charge is 2.16. The van der Waals surface area contributed by atoms with Crippen LogP contribution in [-0.2, 0) is 14.3 Å². The van der Waals surface area contributed by atoms with Gasteiger partial charge in [0.2, 0.25) is 0 Å². The highest BCUT2D eigenvalue weighted by molar-refractivity contribution is 6.33. The molecule has 0 unspecified atom stereocenters. The lowest BCUT2D eigenvalue weighted by Gasteiger charge is -2.10. The number of nitrogens with one attached hydrogen (secondary N) is 1. The molecule has 3 rings (SSSR count). The lowest BCUT2D eigenvalue weighted by Crippen LogP contribution is -2.21. The second-order valence-corrected chi connectivity index (χ2v) is 6.71. The van der Waals surface area contributed by atoms with E-state index < -0.39 is 18.5 Å². The second-order valence-electron chi connectivity index (χ2n) is 6.30. The first-order valence-electron chi connectivity index (χ1n) is 9.19. The number of carbonyl (C=O) groups is 2. The van der Waals surface area contributed by atoms with E-state index in [4.69, 9.17) is 21.1 Å². The number of rotatable bonds is 7. The zero-order chi connectivity index (χ0) is 21.3. The predicted molar refractivity (Wildman–Crippen MR) is 118 cm³/mol. The molecule has 1 amide bonds. The molecule has 0 saturated heterocycles. The fraction of sp³-hybridized carbons (Fsp3) is 0.0833. The summed E-state index contributed by atoms with van der Waals surface area (Å²) in [4.78, 5) is 25.0. The highest BCUT2D eigenvalue weighted by atomic mass is 35.5. The Hall–Kier alpha value is -3.57. The maximum absolute atomic E-state index is 12.8. The zero-order valence-electron chi connectivity index (χ0n) is 16.3. The van der Waals surface area contributed by atoms with Gasteiger partial charge in [-0.1, -0.05) is 66.2 Å². The van der Waals surface area contributed by atoms with Crippen molar-refractivity contribution in [1.29, 1.82) is 0 Å². The van der Waals surface area contributed by atoms with E-state index in [1.807, 2.05) is 36.4 Å². The largest absolute Gasteiger partial charge is 0.497 e. The summed E-state index contributed by atoms with van der Waals surface area (Å²) in [5.74, 6) is -0.424. The fourth-order valence-corrected chi connectivity index (χ4v) is 2.92. The van der Waals surface area contributed by atoms with Gasteiger partial charge in [0.05, 0.1) is 23.4 Å². The van der Waals surface area contributed by atoms with Crippen molar-refractivity contribution in [2.75, 3.05) is 19.0 Å². The van der Waals surface area contributed by atoms with Crippen LogP contribution in [0.2, 0.25) is 5.02 Å². The van der Waals surface area contributed by atoms with Crippen LogP contribution < -0.4 is 10.1 Å². The number of amides is 1. The molecule has 6 heteroatoms. The summed E-state index contributed by atoms with van der Waals surface area (Å²) in [5.41, 5.74) is 2.23. The number of ether oxygens (including phenoxy) is 2. The van der Waals surface area contributed by atoms with E-state index in [2.05, 4.69) is 5.32 Å². The molecule has 0 bridgehead atoms. The highest BCUT2D eigenvalue weighted by Crippen LogP contribution is 2.23. The van der Waals surface area contributed by atoms with E-state index in [1.54, 1.807) is 55.7 Å². The summed E-state index contributed by atoms with van der Waals surface area (Å²) < 4.78 is 10.5. The van der Waals surface area contributed by atoms with Crippen LogP contribution in [0.25, 0.3) is 11.6 Å². The Kier molecular flexibility index (Phi) is 7.24. The minimum Gasteiger partial charge on any atom is -0.497 e.